The first-order valence-electron chi connectivity index (χ1n) is 7.92. The van der Waals surface area contributed by atoms with Crippen LogP contribution in [0.5, 0.6) is 11.5 Å². The smallest absolute Gasteiger partial charge is 0.317 e. The molecule has 1 N–H and O–H groups in total. The van der Waals surface area contributed by atoms with Gasteiger partial charge in [0.15, 0.2) is 11.5 Å². The number of hydrogen-bond acceptors (Lipinski definition) is 4. The first kappa shape index (κ1) is 17.4. The molecule has 2 rings (SSSR count). The molecule has 0 spiro atoms. The number of rotatable bonds is 6. The number of urea groups is 1. The summed E-state index contributed by atoms with van der Waals surface area (Å²) in [6, 6.07) is 5.65. The zero-order chi connectivity index (χ0) is 16.8. The second-order valence-electron chi connectivity index (χ2n) is 6.15. The van der Waals surface area contributed by atoms with Crippen LogP contribution in [0.3, 0.4) is 0 Å². The molecular formula is C17H27N3O3. The summed E-state index contributed by atoms with van der Waals surface area (Å²) >= 11 is 0. The maximum absolute atomic E-state index is 12.2. The molecule has 1 fully saturated rings. The van der Waals surface area contributed by atoms with E-state index >= 15 is 0 Å². The van der Waals surface area contributed by atoms with Crippen LogP contribution in [-0.2, 0) is 6.54 Å². The van der Waals surface area contributed by atoms with Gasteiger partial charge in [-0.05, 0) is 43.6 Å². The van der Waals surface area contributed by atoms with Gasteiger partial charge in [-0.3, -0.25) is 0 Å². The number of nitrogens with one attached hydrogen (secondary N) is 1. The zero-order valence-corrected chi connectivity index (χ0v) is 14.5. The number of methoxy groups -OCH3 is 2. The molecule has 1 atom stereocenters. The van der Waals surface area contributed by atoms with Crippen molar-refractivity contribution >= 4 is 6.03 Å². The highest BCUT2D eigenvalue weighted by molar-refractivity contribution is 5.73. The highest BCUT2D eigenvalue weighted by Crippen LogP contribution is 2.27. The highest BCUT2D eigenvalue weighted by atomic mass is 16.5. The predicted molar refractivity (Wildman–Crippen MR) is 90.0 cm³/mol. The zero-order valence-electron chi connectivity index (χ0n) is 14.5. The summed E-state index contributed by atoms with van der Waals surface area (Å²) in [5, 5.41) is 3.02. The predicted octanol–water partition coefficient (Wildman–Crippen LogP) is 1.80. The maximum Gasteiger partial charge on any atom is 0.317 e. The molecule has 6 heteroatoms. The van der Waals surface area contributed by atoms with Crippen LogP contribution < -0.4 is 14.8 Å². The summed E-state index contributed by atoms with van der Waals surface area (Å²) in [6.45, 7) is 3.43. The molecular weight excluding hydrogens is 294 g/mol. The molecule has 6 nitrogen and oxygen atoms in total. The minimum absolute atomic E-state index is 0.0469. The molecule has 0 saturated carbocycles. The van der Waals surface area contributed by atoms with Crippen molar-refractivity contribution in [1.82, 2.24) is 15.1 Å². The van der Waals surface area contributed by atoms with Gasteiger partial charge in [-0.1, -0.05) is 6.07 Å². The van der Waals surface area contributed by atoms with Gasteiger partial charge in [0.25, 0.3) is 0 Å². The average molecular weight is 321 g/mol. The Hall–Kier alpha value is -1.95. The largest absolute Gasteiger partial charge is 0.493 e. The van der Waals surface area contributed by atoms with Gasteiger partial charge in [-0.2, -0.15) is 0 Å². The number of ether oxygens (including phenoxy) is 2. The number of hydrogen-bond donors (Lipinski definition) is 1. The minimum Gasteiger partial charge on any atom is -0.493 e. The second kappa shape index (κ2) is 8.06. The van der Waals surface area contributed by atoms with Crippen molar-refractivity contribution in [3.63, 3.8) is 0 Å². The average Bonchev–Trinajstić information content (AvgIpc) is 2.97. The third-order valence-corrected chi connectivity index (χ3v) is 4.25. The Balaban J connectivity index is 1.85. The van der Waals surface area contributed by atoms with Crippen LogP contribution in [0, 0.1) is 5.92 Å². The third-order valence-electron chi connectivity index (χ3n) is 4.25. The van der Waals surface area contributed by atoms with Crippen LogP contribution in [0.25, 0.3) is 0 Å². The van der Waals surface area contributed by atoms with Gasteiger partial charge in [0.1, 0.15) is 0 Å². The van der Waals surface area contributed by atoms with Crippen molar-refractivity contribution < 1.29 is 14.3 Å². The van der Waals surface area contributed by atoms with E-state index in [1.165, 1.54) is 0 Å². The van der Waals surface area contributed by atoms with Crippen molar-refractivity contribution in [2.45, 2.75) is 13.0 Å². The van der Waals surface area contributed by atoms with Gasteiger partial charge < -0.3 is 24.6 Å². The fourth-order valence-corrected chi connectivity index (χ4v) is 2.88. The van der Waals surface area contributed by atoms with Crippen LogP contribution in [0.2, 0.25) is 0 Å². The van der Waals surface area contributed by atoms with E-state index < -0.39 is 0 Å². The molecule has 1 heterocycles. The van der Waals surface area contributed by atoms with Crippen LogP contribution in [0.4, 0.5) is 4.79 Å². The number of carbonyl (C=O) groups is 1. The van der Waals surface area contributed by atoms with E-state index in [0.717, 1.165) is 31.6 Å². The van der Waals surface area contributed by atoms with Gasteiger partial charge in [-0.15, -0.1) is 0 Å². The number of nitrogens with zero attached hydrogens (tertiary/aromatic N) is 2. The van der Waals surface area contributed by atoms with Crippen molar-refractivity contribution in [3.8, 4) is 11.5 Å². The SMILES string of the molecule is COc1ccc(CN(C)C(=O)NC[C@H]2CCN(C)C2)cc1OC. The Morgan fingerprint density at radius 1 is 1.35 bits per heavy atom. The Labute approximate surface area is 138 Å². The van der Waals surface area contributed by atoms with Crippen molar-refractivity contribution in [3.05, 3.63) is 23.8 Å². The molecule has 23 heavy (non-hydrogen) atoms. The van der Waals surface area contributed by atoms with Crippen LogP contribution in [0.15, 0.2) is 18.2 Å². The lowest BCUT2D eigenvalue weighted by Gasteiger charge is -2.20. The molecule has 1 aromatic rings. The van der Waals surface area contributed by atoms with E-state index in [1.54, 1.807) is 26.2 Å². The minimum atomic E-state index is -0.0469. The first-order valence-corrected chi connectivity index (χ1v) is 7.92. The Morgan fingerprint density at radius 2 is 2.09 bits per heavy atom. The van der Waals surface area contributed by atoms with E-state index in [0.29, 0.717) is 24.0 Å². The van der Waals surface area contributed by atoms with Gasteiger partial charge in [-0.25, -0.2) is 4.79 Å². The lowest BCUT2D eigenvalue weighted by atomic mass is 10.1. The summed E-state index contributed by atoms with van der Waals surface area (Å²) in [4.78, 5) is 16.2. The second-order valence-corrected chi connectivity index (χ2v) is 6.15. The monoisotopic (exact) mass is 321 g/mol. The lowest BCUT2D eigenvalue weighted by Crippen LogP contribution is -2.39. The van der Waals surface area contributed by atoms with E-state index in [2.05, 4.69) is 17.3 Å². The number of amides is 2. The van der Waals surface area contributed by atoms with Crippen molar-refractivity contribution in [2.24, 2.45) is 5.92 Å². The lowest BCUT2D eigenvalue weighted by molar-refractivity contribution is 0.205. The van der Waals surface area contributed by atoms with Gasteiger partial charge in [0.2, 0.25) is 0 Å². The van der Waals surface area contributed by atoms with E-state index in [1.807, 2.05) is 18.2 Å². The van der Waals surface area contributed by atoms with Gasteiger partial charge >= 0.3 is 6.03 Å². The van der Waals surface area contributed by atoms with Gasteiger partial charge in [0, 0.05) is 26.7 Å². The third kappa shape index (κ3) is 4.76. The Morgan fingerprint density at radius 3 is 2.70 bits per heavy atom. The van der Waals surface area contributed by atoms with Crippen molar-refractivity contribution in [2.75, 3.05) is 47.9 Å². The van der Waals surface area contributed by atoms with Crippen LogP contribution in [0.1, 0.15) is 12.0 Å². The molecule has 0 radical (unpaired) electrons. The summed E-state index contributed by atoms with van der Waals surface area (Å²) < 4.78 is 10.5. The maximum atomic E-state index is 12.2. The van der Waals surface area contributed by atoms with Crippen LogP contribution in [-0.4, -0.2) is 63.8 Å². The van der Waals surface area contributed by atoms with E-state index in [4.69, 9.17) is 9.47 Å². The number of benzene rings is 1. The molecule has 0 aromatic heterocycles. The Bertz CT molecular complexity index is 536. The van der Waals surface area contributed by atoms with Gasteiger partial charge in [0.05, 0.1) is 14.2 Å². The fraction of sp³-hybridized carbons (Fsp3) is 0.588. The molecule has 0 bridgehead atoms. The van der Waals surface area contributed by atoms with E-state index in [9.17, 15) is 4.79 Å². The number of carbonyl (C=O) groups excluding carboxylic acids is 1. The highest BCUT2D eigenvalue weighted by Gasteiger charge is 2.20. The molecule has 1 aromatic carbocycles. The molecule has 0 aliphatic carbocycles. The standard InChI is InChI=1S/C17H27N3O3/c1-19-8-7-14(11-19)10-18-17(21)20(2)12-13-5-6-15(22-3)16(9-13)23-4/h5-6,9,14H,7-8,10-12H2,1-4H3,(H,18,21)/t14-/m1/s1. The summed E-state index contributed by atoms with van der Waals surface area (Å²) in [5.74, 6) is 1.92. The normalized spacial score (nSPS) is 17.8. The summed E-state index contributed by atoms with van der Waals surface area (Å²) in [5.41, 5.74) is 1.00. The number of likely N-dealkylation sites (tertiary alicyclic amines) is 1. The van der Waals surface area contributed by atoms with Crippen LogP contribution >= 0.6 is 0 Å². The summed E-state index contributed by atoms with van der Waals surface area (Å²) in [6.07, 6.45) is 1.15. The molecule has 1 aliphatic rings. The Kier molecular flexibility index (Phi) is 6.10. The first-order chi connectivity index (χ1) is 11.0. The molecule has 128 valence electrons. The van der Waals surface area contributed by atoms with E-state index in [-0.39, 0.29) is 6.03 Å². The topological polar surface area (TPSA) is 54.0 Å². The molecule has 2 amide bonds. The molecule has 1 saturated heterocycles. The molecule has 1 aliphatic heterocycles. The fourth-order valence-electron chi connectivity index (χ4n) is 2.88. The molecule has 0 unspecified atom stereocenters. The quantitative estimate of drug-likeness (QED) is 0.868. The van der Waals surface area contributed by atoms with Crippen molar-refractivity contribution in [1.29, 1.82) is 0 Å². The summed E-state index contributed by atoms with van der Waals surface area (Å²) in [7, 11) is 7.13.